The van der Waals surface area contributed by atoms with Crippen LogP contribution in [-0.4, -0.2) is 31.6 Å². The van der Waals surface area contributed by atoms with Crippen LogP contribution in [0, 0.1) is 5.92 Å². The molecule has 0 saturated heterocycles. The lowest BCUT2D eigenvalue weighted by molar-refractivity contribution is -0.151. The average molecular weight is 306 g/mol. The lowest BCUT2D eigenvalue weighted by atomic mass is 9.86. The zero-order chi connectivity index (χ0) is 16.5. The minimum atomic E-state index is -0.663. The molecule has 2 N–H and O–H groups in total. The predicted molar refractivity (Wildman–Crippen MR) is 82.2 cm³/mol. The number of benzene rings is 1. The number of hydrogen-bond acceptors (Lipinski definition) is 4. The van der Waals surface area contributed by atoms with E-state index in [2.05, 4.69) is 5.32 Å². The molecule has 0 radical (unpaired) electrons. The van der Waals surface area contributed by atoms with Crippen LogP contribution in [0.4, 0.5) is 4.79 Å². The highest BCUT2D eigenvalue weighted by Gasteiger charge is 2.27. The number of amides is 3. The average Bonchev–Trinajstić information content (AvgIpc) is 2.53. The molecule has 0 bridgehead atoms. The maximum absolute atomic E-state index is 12.3. The molecule has 0 aliphatic carbocycles. The van der Waals surface area contributed by atoms with Crippen molar-refractivity contribution in [2.75, 3.05) is 13.7 Å². The molecule has 1 rings (SSSR count). The number of imide groups is 1. The number of carbonyl (C=O) groups excluding carboxylic acids is 3. The highest BCUT2D eigenvalue weighted by Crippen LogP contribution is 2.28. The van der Waals surface area contributed by atoms with Crippen molar-refractivity contribution in [1.29, 1.82) is 0 Å². The number of rotatable bonds is 6. The van der Waals surface area contributed by atoms with Crippen LogP contribution in [0.3, 0.4) is 0 Å². The first-order valence-electron chi connectivity index (χ1n) is 7.22. The SMILES string of the molecule is CC[C@H](C)[C@H](C(=O)OCC(=O)NC(=O)NC)c1ccccc1. The second-order valence-electron chi connectivity index (χ2n) is 5.01. The smallest absolute Gasteiger partial charge is 0.321 e. The summed E-state index contributed by atoms with van der Waals surface area (Å²) in [5.74, 6) is -1.48. The van der Waals surface area contributed by atoms with Crippen LogP contribution in [0.2, 0.25) is 0 Å². The molecule has 120 valence electrons. The third-order valence-electron chi connectivity index (χ3n) is 3.45. The Morgan fingerprint density at radius 2 is 1.82 bits per heavy atom. The van der Waals surface area contributed by atoms with Crippen molar-refractivity contribution in [3.05, 3.63) is 35.9 Å². The Morgan fingerprint density at radius 3 is 2.36 bits per heavy atom. The van der Waals surface area contributed by atoms with Gasteiger partial charge < -0.3 is 10.1 Å². The Hall–Kier alpha value is -2.37. The van der Waals surface area contributed by atoms with E-state index in [-0.39, 0.29) is 5.92 Å². The monoisotopic (exact) mass is 306 g/mol. The van der Waals surface area contributed by atoms with Gasteiger partial charge in [0.1, 0.15) is 0 Å². The van der Waals surface area contributed by atoms with Crippen molar-refractivity contribution < 1.29 is 19.1 Å². The van der Waals surface area contributed by atoms with E-state index in [1.165, 1.54) is 7.05 Å². The van der Waals surface area contributed by atoms with Gasteiger partial charge in [0, 0.05) is 7.05 Å². The maximum atomic E-state index is 12.3. The van der Waals surface area contributed by atoms with Gasteiger partial charge in [0.25, 0.3) is 5.91 Å². The molecule has 0 saturated carbocycles. The number of nitrogens with one attached hydrogen (secondary N) is 2. The maximum Gasteiger partial charge on any atom is 0.321 e. The fourth-order valence-corrected chi connectivity index (χ4v) is 2.04. The summed E-state index contributed by atoms with van der Waals surface area (Å²) in [6.45, 7) is 3.47. The number of urea groups is 1. The van der Waals surface area contributed by atoms with E-state index in [0.717, 1.165) is 12.0 Å². The first-order valence-corrected chi connectivity index (χ1v) is 7.22. The van der Waals surface area contributed by atoms with Crippen LogP contribution in [-0.2, 0) is 14.3 Å². The van der Waals surface area contributed by atoms with Crippen LogP contribution >= 0.6 is 0 Å². The van der Waals surface area contributed by atoms with Gasteiger partial charge in [-0.25, -0.2) is 4.79 Å². The van der Waals surface area contributed by atoms with E-state index in [1.807, 2.05) is 49.5 Å². The van der Waals surface area contributed by atoms with E-state index in [4.69, 9.17) is 4.74 Å². The van der Waals surface area contributed by atoms with Gasteiger partial charge in [0.15, 0.2) is 6.61 Å². The van der Waals surface area contributed by atoms with Crippen molar-refractivity contribution in [2.45, 2.75) is 26.2 Å². The summed E-state index contributed by atoms with van der Waals surface area (Å²) in [5, 5.41) is 4.29. The minimum Gasteiger partial charge on any atom is -0.455 e. The Labute approximate surface area is 130 Å². The predicted octanol–water partition coefficient (Wildman–Crippen LogP) is 1.82. The molecular weight excluding hydrogens is 284 g/mol. The topological polar surface area (TPSA) is 84.5 Å². The zero-order valence-electron chi connectivity index (χ0n) is 13.1. The second-order valence-corrected chi connectivity index (χ2v) is 5.01. The van der Waals surface area contributed by atoms with Gasteiger partial charge in [0.05, 0.1) is 5.92 Å². The molecule has 0 aliphatic rings. The summed E-state index contributed by atoms with van der Waals surface area (Å²) in [7, 11) is 1.39. The van der Waals surface area contributed by atoms with Gasteiger partial charge in [-0.05, 0) is 11.5 Å². The molecule has 2 atom stereocenters. The first-order chi connectivity index (χ1) is 10.5. The van der Waals surface area contributed by atoms with Crippen LogP contribution < -0.4 is 10.6 Å². The van der Waals surface area contributed by atoms with E-state index < -0.39 is 30.4 Å². The molecule has 0 aromatic heterocycles. The number of esters is 1. The lowest BCUT2D eigenvalue weighted by Crippen LogP contribution is -2.40. The molecule has 0 fully saturated rings. The van der Waals surface area contributed by atoms with E-state index in [0.29, 0.717) is 0 Å². The molecular formula is C16H22N2O4. The molecule has 0 spiro atoms. The normalized spacial score (nSPS) is 12.9. The van der Waals surface area contributed by atoms with Gasteiger partial charge in [0.2, 0.25) is 0 Å². The first kappa shape index (κ1) is 17.7. The molecule has 0 aliphatic heterocycles. The van der Waals surface area contributed by atoms with Crippen molar-refractivity contribution in [1.82, 2.24) is 10.6 Å². The van der Waals surface area contributed by atoms with Gasteiger partial charge in [-0.3, -0.25) is 14.9 Å². The van der Waals surface area contributed by atoms with Crippen molar-refractivity contribution in [3.63, 3.8) is 0 Å². The Morgan fingerprint density at radius 1 is 1.18 bits per heavy atom. The Balaban J connectivity index is 2.70. The summed E-state index contributed by atoms with van der Waals surface area (Å²) in [4.78, 5) is 34.8. The van der Waals surface area contributed by atoms with Crippen molar-refractivity contribution in [3.8, 4) is 0 Å². The third kappa shape index (κ3) is 5.20. The molecule has 0 unspecified atom stereocenters. The van der Waals surface area contributed by atoms with E-state index in [1.54, 1.807) is 0 Å². The summed E-state index contributed by atoms with van der Waals surface area (Å²) in [6.07, 6.45) is 0.805. The fraction of sp³-hybridized carbons (Fsp3) is 0.438. The highest BCUT2D eigenvalue weighted by atomic mass is 16.5. The van der Waals surface area contributed by atoms with Gasteiger partial charge >= 0.3 is 12.0 Å². The van der Waals surface area contributed by atoms with Crippen LogP contribution in [0.25, 0.3) is 0 Å². The van der Waals surface area contributed by atoms with Crippen LogP contribution in [0.1, 0.15) is 31.7 Å². The summed E-state index contributed by atoms with van der Waals surface area (Å²) in [6, 6.07) is 8.68. The Kier molecular flexibility index (Phi) is 7.08. The van der Waals surface area contributed by atoms with Gasteiger partial charge in [-0.2, -0.15) is 0 Å². The largest absolute Gasteiger partial charge is 0.455 e. The zero-order valence-corrected chi connectivity index (χ0v) is 13.1. The van der Waals surface area contributed by atoms with Crippen molar-refractivity contribution in [2.24, 2.45) is 5.92 Å². The quantitative estimate of drug-likeness (QED) is 0.785. The molecule has 6 nitrogen and oxygen atoms in total. The van der Waals surface area contributed by atoms with Crippen LogP contribution in [0.5, 0.6) is 0 Å². The molecule has 1 aromatic rings. The van der Waals surface area contributed by atoms with Gasteiger partial charge in [-0.15, -0.1) is 0 Å². The molecule has 22 heavy (non-hydrogen) atoms. The summed E-state index contributed by atoms with van der Waals surface area (Å²) < 4.78 is 5.06. The molecule has 3 amide bonds. The highest BCUT2D eigenvalue weighted by molar-refractivity contribution is 5.95. The van der Waals surface area contributed by atoms with E-state index >= 15 is 0 Å². The van der Waals surface area contributed by atoms with Crippen molar-refractivity contribution >= 4 is 17.9 Å². The summed E-state index contributed by atoms with van der Waals surface area (Å²) >= 11 is 0. The molecule has 6 heteroatoms. The summed E-state index contributed by atoms with van der Waals surface area (Å²) in [5.41, 5.74) is 0.855. The third-order valence-corrected chi connectivity index (χ3v) is 3.45. The van der Waals surface area contributed by atoms with Gasteiger partial charge in [-0.1, -0.05) is 50.6 Å². The minimum absolute atomic E-state index is 0.0805. The molecule has 0 heterocycles. The fourth-order valence-electron chi connectivity index (χ4n) is 2.04. The lowest BCUT2D eigenvalue weighted by Gasteiger charge is -2.21. The number of carbonyl (C=O) groups is 3. The number of hydrogen-bond donors (Lipinski definition) is 2. The molecule has 1 aromatic carbocycles. The second kappa shape index (κ2) is 8.81. The van der Waals surface area contributed by atoms with E-state index in [9.17, 15) is 14.4 Å². The van der Waals surface area contributed by atoms with Crippen LogP contribution in [0.15, 0.2) is 30.3 Å². The number of ether oxygens (including phenoxy) is 1. The Bertz CT molecular complexity index is 516. The standard InChI is InChI=1S/C16H22N2O4/c1-4-11(2)14(12-8-6-5-7-9-12)15(20)22-10-13(19)18-16(21)17-3/h5-9,11,14H,4,10H2,1-3H3,(H2,17,18,19,21)/t11-,14-/m0/s1.